The van der Waals surface area contributed by atoms with E-state index in [1.54, 1.807) is 0 Å². The average molecular weight is 439 g/mol. The Morgan fingerprint density at radius 1 is 0.818 bits per heavy atom. The normalized spacial score (nSPS) is 16.0. The van der Waals surface area contributed by atoms with Crippen LogP contribution in [-0.2, 0) is 19.4 Å². The maximum absolute atomic E-state index is 4.51. The van der Waals surface area contributed by atoms with Crippen LogP contribution < -0.4 is 0 Å². The van der Waals surface area contributed by atoms with E-state index in [0.717, 1.165) is 44.2 Å². The molecule has 2 aromatic heterocycles. The SMILES string of the molecule is c1ccc(CCn2nnnc2[C@@H](c2ccncc2)N2CCC(Cc3ccccc3)CC2)cc1. The zero-order valence-corrected chi connectivity index (χ0v) is 18.9. The zero-order chi connectivity index (χ0) is 22.3. The van der Waals surface area contributed by atoms with E-state index < -0.39 is 0 Å². The van der Waals surface area contributed by atoms with E-state index >= 15 is 0 Å². The number of aromatic nitrogens is 5. The molecule has 0 unspecified atom stereocenters. The van der Waals surface area contributed by atoms with Gasteiger partial charge in [0.2, 0.25) is 0 Å². The van der Waals surface area contributed by atoms with E-state index in [9.17, 15) is 0 Å². The molecule has 3 heterocycles. The van der Waals surface area contributed by atoms with Gasteiger partial charge in [-0.15, -0.1) is 5.10 Å². The van der Waals surface area contributed by atoms with Crippen LogP contribution in [0.25, 0.3) is 0 Å². The molecule has 0 bridgehead atoms. The molecule has 1 fully saturated rings. The number of tetrazole rings is 1. The van der Waals surface area contributed by atoms with Gasteiger partial charge < -0.3 is 0 Å². The Hall–Kier alpha value is -3.38. The minimum Gasteiger partial charge on any atom is -0.290 e. The van der Waals surface area contributed by atoms with E-state index in [-0.39, 0.29) is 6.04 Å². The molecular weight excluding hydrogens is 408 g/mol. The molecule has 33 heavy (non-hydrogen) atoms. The smallest absolute Gasteiger partial charge is 0.173 e. The van der Waals surface area contributed by atoms with Crippen LogP contribution in [0, 0.1) is 5.92 Å². The fourth-order valence-electron chi connectivity index (χ4n) is 4.88. The van der Waals surface area contributed by atoms with Crippen LogP contribution in [0.5, 0.6) is 0 Å². The first-order chi connectivity index (χ1) is 16.4. The third kappa shape index (κ3) is 5.34. The van der Waals surface area contributed by atoms with Gasteiger partial charge in [0, 0.05) is 18.9 Å². The van der Waals surface area contributed by atoms with Crippen LogP contribution in [0.15, 0.2) is 85.2 Å². The molecule has 0 aliphatic carbocycles. The molecule has 4 aromatic rings. The molecular formula is C27H30N6. The second-order valence-electron chi connectivity index (χ2n) is 8.85. The molecule has 1 saturated heterocycles. The van der Waals surface area contributed by atoms with Crippen molar-refractivity contribution in [2.24, 2.45) is 5.92 Å². The summed E-state index contributed by atoms with van der Waals surface area (Å²) in [6, 6.07) is 25.6. The third-order valence-corrected chi connectivity index (χ3v) is 6.66. The summed E-state index contributed by atoms with van der Waals surface area (Å²) >= 11 is 0. The lowest BCUT2D eigenvalue weighted by Gasteiger charge is -2.37. The number of benzene rings is 2. The summed E-state index contributed by atoms with van der Waals surface area (Å²) in [5.74, 6) is 1.63. The van der Waals surface area contributed by atoms with Crippen LogP contribution in [0.4, 0.5) is 0 Å². The highest BCUT2D eigenvalue weighted by Gasteiger charge is 2.31. The Bertz CT molecular complexity index is 1110. The number of nitrogens with zero attached hydrogens (tertiary/aromatic N) is 6. The number of hydrogen-bond donors (Lipinski definition) is 0. The summed E-state index contributed by atoms with van der Waals surface area (Å²) in [4.78, 5) is 6.78. The molecule has 168 valence electrons. The Labute approximate surface area is 195 Å². The topological polar surface area (TPSA) is 59.7 Å². The highest BCUT2D eigenvalue weighted by Crippen LogP contribution is 2.32. The molecule has 0 saturated carbocycles. The van der Waals surface area contributed by atoms with Gasteiger partial charge in [-0.1, -0.05) is 60.7 Å². The molecule has 1 aliphatic heterocycles. The number of likely N-dealkylation sites (tertiary alicyclic amines) is 1. The molecule has 2 aromatic carbocycles. The Morgan fingerprint density at radius 2 is 1.48 bits per heavy atom. The minimum atomic E-state index is 0.0384. The first-order valence-electron chi connectivity index (χ1n) is 11.8. The fraction of sp³-hybridized carbons (Fsp3) is 0.333. The van der Waals surface area contributed by atoms with Gasteiger partial charge in [0.1, 0.15) is 0 Å². The van der Waals surface area contributed by atoms with Gasteiger partial charge in [-0.3, -0.25) is 9.88 Å². The van der Waals surface area contributed by atoms with Gasteiger partial charge in [-0.05, 0) is 83.9 Å². The molecule has 5 rings (SSSR count). The van der Waals surface area contributed by atoms with Crippen molar-refractivity contribution in [3.05, 3.63) is 108 Å². The third-order valence-electron chi connectivity index (χ3n) is 6.66. The second-order valence-corrected chi connectivity index (χ2v) is 8.85. The summed E-state index contributed by atoms with van der Waals surface area (Å²) < 4.78 is 1.98. The lowest BCUT2D eigenvalue weighted by atomic mass is 9.89. The highest BCUT2D eigenvalue weighted by atomic mass is 15.5. The van der Waals surface area contributed by atoms with Crippen LogP contribution >= 0.6 is 0 Å². The zero-order valence-electron chi connectivity index (χ0n) is 18.9. The van der Waals surface area contributed by atoms with E-state index in [2.05, 4.69) is 92.1 Å². The summed E-state index contributed by atoms with van der Waals surface area (Å²) in [6.07, 6.45) is 8.15. The average Bonchev–Trinajstić information content (AvgIpc) is 3.34. The van der Waals surface area contributed by atoms with Gasteiger partial charge in [-0.2, -0.15) is 0 Å². The molecule has 0 N–H and O–H groups in total. The maximum atomic E-state index is 4.51. The highest BCUT2D eigenvalue weighted by molar-refractivity contribution is 5.23. The molecule has 1 aliphatic rings. The maximum Gasteiger partial charge on any atom is 0.173 e. The van der Waals surface area contributed by atoms with Crippen molar-refractivity contribution in [2.45, 2.75) is 38.3 Å². The molecule has 6 nitrogen and oxygen atoms in total. The van der Waals surface area contributed by atoms with Crippen LogP contribution in [0.2, 0.25) is 0 Å². The first-order valence-corrected chi connectivity index (χ1v) is 11.8. The number of aryl methyl sites for hydroxylation is 2. The fourth-order valence-corrected chi connectivity index (χ4v) is 4.88. The molecule has 0 radical (unpaired) electrons. The second kappa shape index (κ2) is 10.5. The van der Waals surface area contributed by atoms with Crippen molar-refractivity contribution >= 4 is 0 Å². The summed E-state index contributed by atoms with van der Waals surface area (Å²) in [5.41, 5.74) is 3.93. The molecule has 6 heteroatoms. The van der Waals surface area contributed by atoms with Crippen molar-refractivity contribution in [2.75, 3.05) is 13.1 Å². The predicted molar refractivity (Wildman–Crippen MR) is 128 cm³/mol. The van der Waals surface area contributed by atoms with Crippen molar-refractivity contribution in [1.82, 2.24) is 30.1 Å². The van der Waals surface area contributed by atoms with Crippen molar-refractivity contribution in [3.63, 3.8) is 0 Å². The van der Waals surface area contributed by atoms with Crippen LogP contribution in [0.3, 0.4) is 0 Å². The van der Waals surface area contributed by atoms with Crippen LogP contribution in [0.1, 0.15) is 41.4 Å². The van der Waals surface area contributed by atoms with Crippen molar-refractivity contribution in [1.29, 1.82) is 0 Å². The Balaban J connectivity index is 1.32. The lowest BCUT2D eigenvalue weighted by molar-refractivity contribution is 0.143. The molecule has 0 spiro atoms. The molecule has 0 amide bonds. The van der Waals surface area contributed by atoms with E-state index in [1.165, 1.54) is 29.5 Å². The van der Waals surface area contributed by atoms with Gasteiger partial charge in [-0.25, -0.2) is 4.68 Å². The Kier molecular flexibility index (Phi) is 6.82. The number of hydrogen-bond acceptors (Lipinski definition) is 5. The van der Waals surface area contributed by atoms with Gasteiger partial charge in [0.25, 0.3) is 0 Å². The van der Waals surface area contributed by atoms with Crippen molar-refractivity contribution in [3.8, 4) is 0 Å². The largest absolute Gasteiger partial charge is 0.290 e. The first kappa shape index (κ1) is 21.5. The predicted octanol–water partition coefficient (Wildman–Crippen LogP) is 4.35. The minimum absolute atomic E-state index is 0.0384. The quantitative estimate of drug-likeness (QED) is 0.409. The van der Waals surface area contributed by atoms with E-state index in [1.807, 2.05) is 23.1 Å². The summed E-state index contributed by atoms with van der Waals surface area (Å²) in [7, 11) is 0. The summed E-state index contributed by atoms with van der Waals surface area (Å²) in [5, 5.41) is 12.9. The Morgan fingerprint density at radius 3 is 2.18 bits per heavy atom. The standard InChI is InChI=1S/C27H30N6/c1-3-7-22(8-4-1)15-20-33-27(29-30-31-33)26(25-11-16-28-17-12-25)32-18-13-24(14-19-32)21-23-9-5-2-6-10-23/h1-12,16-17,24,26H,13-15,18-21H2/t26-/m1/s1. The van der Waals surface area contributed by atoms with Crippen molar-refractivity contribution < 1.29 is 0 Å². The van der Waals surface area contributed by atoms with Gasteiger partial charge >= 0.3 is 0 Å². The van der Waals surface area contributed by atoms with Gasteiger partial charge in [0.05, 0.1) is 6.04 Å². The van der Waals surface area contributed by atoms with Gasteiger partial charge in [0.15, 0.2) is 5.82 Å². The van der Waals surface area contributed by atoms with E-state index in [4.69, 9.17) is 0 Å². The van der Waals surface area contributed by atoms with E-state index in [0.29, 0.717) is 0 Å². The molecule has 1 atom stereocenters. The lowest BCUT2D eigenvalue weighted by Crippen LogP contribution is -2.39. The monoisotopic (exact) mass is 438 g/mol. The van der Waals surface area contributed by atoms with Crippen LogP contribution in [-0.4, -0.2) is 43.2 Å². The summed E-state index contributed by atoms with van der Waals surface area (Å²) in [6.45, 7) is 2.84. The number of piperidine rings is 1. The number of rotatable bonds is 8. The number of pyridine rings is 1.